The molecule has 0 aliphatic heterocycles. The van der Waals surface area contributed by atoms with Crippen LogP contribution in [-0.4, -0.2) is 22.7 Å². The standard InChI is InChI=1S/C15H22N2O3/c1-2-15(16-10-11-6-7-14(18)8-11)12-4-3-5-13(9-12)17(19)20/h3-5,9,11,14-16,18H,2,6-8,10H2,1H3. The van der Waals surface area contributed by atoms with Gasteiger partial charge >= 0.3 is 0 Å². The Labute approximate surface area is 119 Å². The SMILES string of the molecule is CCC(NCC1CCC(O)C1)c1cccc([N+](=O)[O-])c1. The number of nitrogens with zero attached hydrogens (tertiary/aromatic N) is 1. The molecule has 20 heavy (non-hydrogen) atoms. The van der Waals surface area contributed by atoms with E-state index in [0.717, 1.165) is 37.8 Å². The van der Waals surface area contributed by atoms with Crippen LogP contribution in [0.2, 0.25) is 0 Å². The maximum atomic E-state index is 10.8. The number of aliphatic hydroxyl groups is 1. The van der Waals surface area contributed by atoms with Gasteiger partial charge in [0.2, 0.25) is 0 Å². The van der Waals surface area contributed by atoms with Crippen molar-refractivity contribution in [2.45, 2.75) is 44.8 Å². The summed E-state index contributed by atoms with van der Waals surface area (Å²) in [6.07, 6.45) is 3.54. The van der Waals surface area contributed by atoms with Crippen LogP contribution in [0.3, 0.4) is 0 Å². The van der Waals surface area contributed by atoms with Gasteiger partial charge in [-0.3, -0.25) is 10.1 Å². The van der Waals surface area contributed by atoms with Crippen LogP contribution in [0.1, 0.15) is 44.2 Å². The lowest BCUT2D eigenvalue weighted by Gasteiger charge is -2.20. The van der Waals surface area contributed by atoms with Crippen molar-refractivity contribution in [3.63, 3.8) is 0 Å². The maximum absolute atomic E-state index is 10.8. The van der Waals surface area contributed by atoms with Crippen LogP contribution in [0.5, 0.6) is 0 Å². The van der Waals surface area contributed by atoms with Crippen LogP contribution in [-0.2, 0) is 0 Å². The van der Waals surface area contributed by atoms with Crippen molar-refractivity contribution in [2.24, 2.45) is 5.92 Å². The van der Waals surface area contributed by atoms with Crippen molar-refractivity contribution >= 4 is 5.69 Å². The van der Waals surface area contributed by atoms with E-state index in [-0.39, 0.29) is 22.8 Å². The molecule has 110 valence electrons. The molecule has 0 amide bonds. The molecule has 0 saturated heterocycles. The van der Waals surface area contributed by atoms with Crippen LogP contribution in [0, 0.1) is 16.0 Å². The molecule has 2 rings (SSSR count). The third-order valence-corrected chi connectivity index (χ3v) is 4.06. The zero-order valence-corrected chi connectivity index (χ0v) is 11.8. The highest BCUT2D eigenvalue weighted by atomic mass is 16.6. The highest BCUT2D eigenvalue weighted by molar-refractivity contribution is 5.35. The third-order valence-electron chi connectivity index (χ3n) is 4.06. The van der Waals surface area contributed by atoms with Crippen LogP contribution < -0.4 is 5.32 Å². The molecule has 3 atom stereocenters. The number of nitro groups is 1. The van der Waals surface area contributed by atoms with E-state index < -0.39 is 0 Å². The largest absolute Gasteiger partial charge is 0.393 e. The Morgan fingerprint density at radius 1 is 1.50 bits per heavy atom. The molecule has 0 aromatic heterocycles. The van der Waals surface area contributed by atoms with Crippen molar-refractivity contribution in [3.8, 4) is 0 Å². The summed E-state index contributed by atoms with van der Waals surface area (Å²) < 4.78 is 0. The van der Waals surface area contributed by atoms with Gasteiger partial charge in [-0.1, -0.05) is 19.1 Å². The normalized spacial score (nSPS) is 23.7. The monoisotopic (exact) mass is 278 g/mol. The number of hydrogen-bond donors (Lipinski definition) is 2. The van der Waals surface area contributed by atoms with Crippen molar-refractivity contribution in [1.29, 1.82) is 0 Å². The van der Waals surface area contributed by atoms with Gasteiger partial charge in [-0.25, -0.2) is 0 Å². The Bertz CT molecular complexity index is 464. The van der Waals surface area contributed by atoms with Crippen LogP contribution in [0.15, 0.2) is 24.3 Å². The number of non-ortho nitro benzene ring substituents is 1. The predicted octanol–water partition coefficient (Wildman–Crippen LogP) is 2.80. The molecule has 5 heteroatoms. The van der Waals surface area contributed by atoms with Crippen LogP contribution in [0.25, 0.3) is 0 Å². The molecule has 0 bridgehead atoms. The summed E-state index contributed by atoms with van der Waals surface area (Å²) in [5.74, 6) is 0.512. The van der Waals surface area contributed by atoms with Crippen molar-refractivity contribution in [1.82, 2.24) is 5.32 Å². The topological polar surface area (TPSA) is 75.4 Å². The molecule has 2 N–H and O–H groups in total. The summed E-state index contributed by atoms with van der Waals surface area (Å²) in [6, 6.07) is 6.95. The van der Waals surface area contributed by atoms with Gasteiger partial charge in [0.1, 0.15) is 0 Å². The molecule has 0 radical (unpaired) electrons. The first kappa shape index (κ1) is 14.9. The van der Waals surface area contributed by atoms with Gasteiger partial charge in [0.25, 0.3) is 5.69 Å². The van der Waals surface area contributed by atoms with E-state index in [1.165, 1.54) is 6.07 Å². The zero-order valence-electron chi connectivity index (χ0n) is 11.8. The molecule has 1 aliphatic carbocycles. The van der Waals surface area contributed by atoms with Crippen molar-refractivity contribution in [3.05, 3.63) is 39.9 Å². The molecule has 1 aliphatic rings. The average Bonchev–Trinajstić information content (AvgIpc) is 2.85. The zero-order chi connectivity index (χ0) is 14.5. The minimum atomic E-state index is -0.358. The number of hydrogen-bond acceptors (Lipinski definition) is 4. The molecule has 1 saturated carbocycles. The van der Waals surface area contributed by atoms with Crippen LogP contribution >= 0.6 is 0 Å². The first-order chi connectivity index (χ1) is 9.60. The Balaban J connectivity index is 1.97. The van der Waals surface area contributed by atoms with E-state index in [4.69, 9.17) is 0 Å². The number of nitro benzene ring substituents is 1. The Kier molecular flexibility index (Phi) is 5.09. The van der Waals surface area contributed by atoms with E-state index in [2.05, 4.69) is 12.2 Å². The second-order valence-corrected chi connectivity index (χ2v) is 5.55. The fourth-order valence-electron chi connectivity index (χ4n) is 2.90. The number of rotatable bonds is 6. The van der Waals surface area contributed by atoms with Crippen LogP contribution in [0.4, 0.5) is 5.69 Å². The average molecular weight is 278 g/mol. The summed E-state index contributed by atoms with van der Waals surface area (Å²) in [6.45, 7) is 2.93. The van der Waals surface area contributed by atoms with E-state index in [1.54, 1.807) is 12.1 Å². The summed E-state index contributed by atoms with van der Waals surface area (Å²) in [7, 11) is 0. The number of benzene rings is 1. The Hall–Kier alpha value is -1.46. The maximum Gasteiger partial charge on any atom is 0.269 e. The molecule has 3 unspecified atom stereocenters. The van der Waals surface area contributed by atoms with E-state index in [9.17, 15) is 15.2 Å². The molecular weight excluding hydrogens is 256 g/mol. The fourth-order valence-corrected chi connectivity index (χ4v) is 2.90. The van der Waals surface area contributed by atoms with Gasteiger partial charge in [0.05, 0.1) is 11.0 Å². The lowest BCUT2D eigenvalue weighted by molar-refractivity contribution is -0.384. The lowest BCUT2D eigenvalue weighted by atomic mass is 10.0. The third kappa shape index (κ3) is 3.77. The van der Waals surface area contributed by atoms with Crippen molar-refractivity contribution in [2.75, 3.05) is 6.54 Å². The highest BCUT2D eigenvalue weighted by Gasteiger charge is 2.23. The van der Waals surface area contributed by atoms with Crippen molar-refractivity contribution < 1.29 is 10.0 Å². The lowest BCUT2D eigenvalue weighted by Crippen LogP contribution is -2.26. The smallest absolute Gasteiger partial charge is 0.269 e. The van der Waals surface area contributed by atoms with E-state index >= 15 is 0 Å². The first-order valence-corrected chi connectivity index (χ1v) is 7.26. The van der Waals surface area contributed by atoms with Gasteiger partial charge in [0, 0.05) is 18.2 Å². The van der Waals surface area contributed by atoms with Gasteiger partial charge < -0.3 is 10.4 Å². The molecule has 0 spiro atoms. The first-order valence-electron chi connectivity index (χ1n) is 7.26. The predicted molar refractivity (Wildman–Crippen MR) is 77.5 cm³/mol. The summed E-state index contributed by atoms with van der Waals surface area (Å²) >= 11 is 0. The quantitative estimate of drug-likeness (QED) is 0.619. The molecule has 1 fully saturated rings. The number of aliphatic hydroxyl groups excluding tert-OH is 1. The van der Waals surface area contributed by atoms with Gasteiger partial charge in [-0.05, 0) is 43.7 Å². The summed E-state index contributed by atoms with van der Waals surface area (Å²) in [5, 5.41) is 23.8. The van der Waals surface area contributed by atoms with Gasteiger partial charge in [-0.2, -0.15) is 0 Å². The number of nitrogens with one attached hydrogen (secondary N) is 1. The second kappa shape index (κ2) is 6.81. The van der Waals surface area contributed by atoms with E-state index in [1.807, 2.05) is 6.07 Å². The molecule has 0 heterocycles. The summed E-state index contributed by atoms with van der Waals surface area (Å²) in [5.41, 5.74) is 1.10. The second-order valence-electron chi connectivity index (χ2n) is 5.55. The summed E-state index contributed by atoms with van der Waals surface area (Å²) in [4.78, 5) is 10.5. The molecular formula is C15H22N2O3. The van der Waals surface area contributed by atoms with Gasteiger partial charge in [0.15, 0.2) is 0 Å². The minimum absolute atomic E-state index is 0.132. The molecule has 5 nitrogen and oxygen atoms in total. The Morgan fingerprint density at radius 3 is 2.90 bits per heavy atom. The van der Waals surface area contributed by atoms with Gasteiger partial charge in [-0.15, -0.1) is 0 Å². The molecule has 1 aromatic carbocycles. The minimum Gasteiger partial charge on any atom is -0.393 e. The van der Waals surface area contributed by atoms with E-state index in [0.29, 0.717) is 5.92 Å². The molecule has 1 aromatic rings. The Morgan fingerprint density at radius 2 is 2.30 bits per heavy atom. The highest BCUT2D eigenvalue weighted by Crippen LogP contribution is 2.26. The fraction of sp³-hybridized carbons (Fsp3) is 0.600.